The fourth-order valence-corrected chi connectivity index (χ4v) is 3.39. The molecule has 8 heteroatoms. The zero-order valence-electron chi connectivity index (χ0n) is 16.2. The third kappa shape index (κ3) is 4.49. The van der Waals surface area contributed by atoms with E-state index in [1.54, 1.807) is 18.9 Å². The van der Waals surface area contributed by atoms with Crippen LogP contribution in [0.25, 0.3) is 11.4 Å². The van der Waals surface area contributed by atoms with Crippen LogP contribution in [0.5, 0.6) is 5.75 Å². The minimum atomic E-state index is -0.854. The molecule has 1 aromatic heterocycles. The van der Waals surface area contributed by atoms with Crippen LogP contribution in [0.15, 0.2) is 28.8 Å². The van der Waals surface area contributed by atoms with Gasteiger partial charge in [-0.3, -0.25) is 9.59 Å². The van der Waals surface area contributed by atoms with Gasteiger partial charge in [-0.15, -0.1) is 0 Å². The molecule has 0 aliphatic carbocycles. The van der Waals surface area contributed by atoms with E-state index in [2.05, 4.69) is 10.1 Å². The molecule has 2 heterocycles. The molecule has 1 unspecified atom stereocenters. The van der Waals surface area contributed by atoms with Crippen LogP contribution in [0.2, 0.25) is 0 Å². The highest BCUT2D eigenvalue weighted by Crippen LogP contribution is 2.30. The number of hydrogen-bond donors (Lipinski definition) is 1. The molecule has 1 fully saturated rings. The lowest BCUT2D eigenvalue weighted by Gasteiger charge is -2.37. The first-order valence-electron chi connectivity index (χ1n) is 9.39. The highest BCUT2D eigenvalue weighted by molar-refractivity contribution is 5.79. The average molecular weight is 387 g/mol. The van der Waals surface area contributed by atoms with Gasteiger partial charge in [0.25, 0.3) is 0 Å². The Morgan fingerprint density at radius 1 is 1.32 bits per heavy atom. The second kappa shape index (κ2) is 8.41. The summed E-state index contributed by atoms with van der Waals surface area (Å²) in [6.07, 6.45) is 2.71. The number of carboxylic acids is 1. The monoisotopic (exact) mass is 387 g/mol. The predicted molar refractivity (Wildman–Crippen MR) is 101 cm³/mol. The van der Waals surface area contributed by atoms with E-state index < -0.39 is 11.4 Å². The predicted octanol–water partition coefficient (Wildman–Crippen LogP) is 2.78. The fraction of sp³-hybridized carbons (Fsp3) is 0.500. The number of likely N-dealkylation sites (tertiary alicyclic amines) is 1. The van der Waals surface area contributed by atoms with Crippen molar-refractivity contribution in [2.75, 3.05) is 20.2 Å². The van der Waals surface area contributed by atoms with Gasteiger partial charge in [-0.1, -0.05) is 5.16 Å². The topological polar surface area (TPSA) is 106 Å². The smallest absolute Gasteiger partial charge is 0.311 e. The van der Waals surface area contributed by atoms with Gasteiger partial charge < -0.3 is 19.3 Å². The number of benzene rings is 1. The molecule has 1 atom stereocenters. The lowest BCUT2D eigenvalue weighted by atomic mass is 9.82. The summed E-state index contributed by atoms with van der Waals surface area (Å²) in [6.45, 7) is 2.58. The number of carboxylic acid groups (broad SMARTS) is 1. The van der Waals surface area contributed by atoms with E-state index in [9.17, 15) is 14.7 Å². The lowest BCUT2D eigenvalue weighted by Crippen LogP contribution is -2.48. The molecule has 150 valence electrons. The van der Waals surface area contributed by atoms with Gasteiger partial charge in [0.2, 0.25) is 17.6 Å². The van der Waals surface area contributed by atoms with Crippen LogP contribution in [0.4, 0.5) is 0 Å². The maximum absolute atomic E-state index is 12.4. The Balaban J connectivity index is 1.50. The fourth-order valence-electron chi connectivity index (χ4n) is 3.39. The van der Waals surface area contributed by atoms with E-state index in [4.69, 9.17) is 9.26 Å². The highest BCUT2D eigenvalue weighted by Gasteiger charge is 2.39. The van der Waals surface area contributed by atoms with Gasteiger partial charge in [0.1, 0.15) is 5.75 Å². The molecule has 0 radical (unpaired) electrons. The molecule has 3 rings (SSSR count). The molecular weight excluding hydrogens is 362 g/mol. The standard InChI is InChI=1S/C20H25N3O5/c1-20(19(25)26)11-4-12-23(13-20)17(24)6-3-5-16-21-18(22-28-16)14-7-9-15(27-2)10-8-14/h7-10H,3-6,11-13H2,1-2H3,(H,25,26). The van der Waals surface area contributed by atoms with E-state index in [0.717, 1.165) is 11.3 Å². The molecule has 0 bridgehead atoms. The van der Waals surface area contributed by atoms with Crippen molar-refractivity contribution < 1.29 is 24.0 Å². The van der Waals surface area contributed by atoms with Crippen molar-refractivity contribution in [3.63, 3.8) is 0 Å². The van der Waals surface area contributed by atoms with E-state index >= 15 is 0 Å². The Morgan fingerprint density at radius 3 is 2.75 bits per heavy atom. The highest BCUT2D eigenvalue weighted by atomic mass is 16.5. The van der Waals surface area contributed by atoms with Crippen LogP contribution in [0, 0.1) is 5.41 Å². The van der Waals surface area contributed by atoms with Crippen LogP contribution in [-0.2, 0) is 16.0 Å². The number of rotatable bonds is 7. The van der Waals surface area contributed by atoms with Gasteiger partial charge in [-0.05, 0) is 50.5 Å². The van der Waals surface area contributed by atoms with E-state index in [0.29, 0.717) is 50.4 Å². The van der Waals surface area contributed by atoms with Crippen LogP contribution in [-0.4, -0.2) is 52.2 Å². The summed E-state index contributed by atoms with van der Waals surface area (Å²) in [7, 11) is 1.61. The Morgan fingerprint density at radius 2 is 2.07 bits per heavy atom. The van der Waals surface area contributed by atoms with Gasteiger partial charge in [0.05, 0.1) is 12.5 Å². The van der Waals surface area contributed by atoms with Crippen molar-refractivity contribution in [1.82, 2.24) is 15.0 Å². The molecule has 2 aromatic rings. The molecule has 1 aliphatic rings. The van der Waals surface area contributed by atoms with Crippen LogP contribution >= 0.6 is 0 Å². The van der Waals surface area contributed by atoms with Crippen molar-refractivity contribution >= 4 is 11.9 Å². The third-order valence-corrected chi connectivity index (χ3v) is 5.16. The molecule has 28 heavy (non-hydrogen) atoms. The SMILES string of the molecule is COc1ccc(-c2noc(CCCC(=O)N3CCCC(C)(C(=O)O)C3)n2)cc1. The average Bonchev–Trinajstić information content (AvgIpc) is 3.17. The number of piperidine rings is 1. The molecule has 0 saturated carbocycles. The summed E-state index contributed by atoms with van der Waals surface area (Å²) < 4.78 is 10.4. The number of aryl methyl sites for hydroxylation is 1. The minimum Gasteiger partial charge on any atom is -0.497 e. The Bertz CT molecular complexity index is 833. The van der Waals surface area contributed by atoms with Crippen molar-refractivity contribution in [2.45, 2.75) is 39.0 Å². The zero-order valence-corrected chi connectivity index (χ0v) is 16.2. The Labute approximate surface area is 163 Å². The molecule has 1 amide bonds. The first-order valence-corrected chi connectivity index (χ1v) is 9.39. The zero-order chi connectivity index (χ0) is 20.1. The normalized spacial score (nSPS) is 19.4. The second-order valence-corrected chi connectivity index (χ2v) is 7.38. The second-order valence-electron chi connectivity index (χ2n) is 7.38. The van der Waals surface area contributed by atoms with Gasteiger partial charge in [-0.2, -0.15) is 4.98 Å². The maximum Gasteiger partial charge on any atom is 0.311 e. The summed E-state index contributed by atoms with van der Waals surface area (Å²) in [6, 6.07) is 7.36. The number of hydrogen-bond acceptors (Lipinski definition) is 6. The number of amides is 1. The van der Waals surface area contributed by atoms with Crippen LogP contribution < -0.4 is 4.74 Å². The van der Waals surface area contributed by atoms with E-state index in [1.165, 1.54) is 0 Å². The minimum absolute atomic E-state index is 0.0259. The van der Waals surface area contributed by atoms with E-state index in [-0.39, 0.29) is 12.5 Å². The van der Waals surface area contributed by atoms with Gasteiger partial charge >= 0.3 is 5.97 Å². The number of carbonyl (C=O) groups is 2. The number of carbonyl (C=O) groups excluding carboxylic acids is 1. The lowest BCUT2D eigenvalue weighted by molar-refractivity contribution is -0.153. The van der Waals surface area contributed by atoms with Crippen molar-refractivity contribution in [1.29, 1.82) is 0 Å². The van der Waals surface area contributed by atoms with Gasteiger partial charge in [0.15, 0.2) is 0 Å². The maximum atomic E-state index is 12.4. The summed E-state index contributed by atoms with van der Waals surface area (Å²) in [4.78, 5) is 29.9. The Kier molecular flexibility index (Phi) is 5.96. The Hall–Kier alpha value is -2.90. The first-order chi connectivity index (χ1) is 13.4. The molecule has 1 N–H and O–H groups in total. The third-order valence-electron chi connectivity index (χ3n) is 5.16. The van der Waals surface area contributed by atoms with Crippen molar-refractivity contribution in [3.05, 3.63) is 30.2 Å². The summed E-state index contributed by atoms with van der Waals surface area (Å²) >= 11 is 0. The van der Waals surface area contributed by atoms with Crippen LogP contribution in [0.1, 0.15) is 38.5 Å². The molecule has 0 spiro atoms. The number of aliphatic carboxylic acids is 1. The number of nitrogens with zero attached hydrogens (tertiary/aromatic N) is 3. The van der Waals surface area contributed by atoms with Crippen molar-refractivity contribution in [2.24, 2.45) is 5.41 Å². The molecule has 1 aliphatic heterocycles. The van der Waals surface area contributed by atoms with Crippen LogP contribution in [0.3, 0.4) is 0 Å². The first kappa shape index (κ1) is 19.9. The quantitative estimate of drug-likeness (QED) is 0.778. The number of methoxy groups -OCH3 is 1. The van der Waals surface area contributed by atoms with Crippen molar-refractivity contribution in [3.8, 4) is 17.1 Å². The van der Waals surface area contributed by atoms with Gasteiger partial charge in [-0.25, -0.2) is 0 Å². The molecule has 1 aromatic carbocycles. The number of aromatic nitrogens is 2. The summed E-state index contributed by atoms with van der Waals surface area (Å²) in [5.74, 6) is 0.858. The molecule has 1 saturated heterocycles. The summed E-state index contributed by atoms with van der Waals surface area (Å²) in [5.41, 5.74) is -0.0265. The molecule has 8 nitrogen and oxygen atoms in total. The molecular formula is C20H25N3O5. The number of ether oxygens (including phenoxy) is 1. The summed E-state index contributed by atoms with van der Waals surface area (Å²) in [5, 5.41) is 13.4. The van der Waals surface area contributed by atoms with Gasteiger partial charge in [0, 0.05) is 31.5 Å². The largest absolute Gasteiger partial charge is 0.497 e. The van der Waals surface area contributed by atoms with E-state index in [1.807, 2.05) is 24.3 Å².